The lowest BCUT2D eigenvalue weighted by Crippen LogP contribution is -2.08. The van der Waals surface area contributed by atoms with Crippen LogP contribution in [0.3, 0.4) is 0 Å². The van der Waals surface area contributed by atoms with Crippen molar-refractivity contribution in [2.45, 2.75) is 19.3 Å². The summed E-state index contributed by atoms with van der Waals surface area (Å²) in [6.45, 7) is 1.08. The molecular weight excluding hydrogens is 1610 g/mol. The van der Waals surface area contributed by atoms with E-state index in [0.717, 1.165) is 99.3 Å². The summed E-state index contributed by atoms with van der Waals surface area (Å²) in [6, 6.07) is 126. The number of hydrogen-bond acceptors (Lipinski definition) is 23. The lowest BCUT2D eigenvalue weighted by atomic mass is 9.85. The molecule has 0 heterocycles. The van der Waals surface area contributed by atoms with E-state index in [9.17, 15) is 0 Å². The van der Waals surface area contributed by atoms with E-state index in [4.69, 9.17) is 102 Å². The molecule has 32 N–H and O–H groups in total. The number of nitrogen functional groups attached to an aromatic ring is 12. The molecule has 0 unspecified atom stereocenters. The van der Waals surface area contributed by atoms with E-state index in [1.165, 1.54) is 72.7 Å². The topological polar surface area (TPSA) is 481 Å². The smallest absolute Gasteiger partial charge is 0.230 e. The Bertz CT molecular complexity index is 5240. The number of anilines is 12. The van der Waals surface area contributed by atoms with Crippen LogP contribution in [-0.2, 0) is 19.3 Å². The molecule has 0 spiro atoms. The SMILES string of the molecule is CN.CN.CN.CN.Nc1ccc(Cc2ccc(N)cc2)cc1.Nc1ccc(OCCOc2ccc(N)cc2)cc1.Nc1ccc(Oc2ccc(N)cc2)cc1.Nc1ccc(Oc2cccc(Oc3ccc(N)cc3)c2)cc1.Nc1ccc2c(c1)Cc1cc(N)ccc1C2.Nc1cccc(OCOc2cccc(N)c2)c1.c1ccc(-c2ccccc2)cc1.c1ccccc1. The fraction of sp³-hybridized carbons (Fsp3) is 0.0943. The number of benzene rings is 16. The third kappa shape index (κ3) is 40.2. The molecule has 23 heteroatoms. The average Bonchev–Trinajstić information content (AvgIpc) is 0.794. The van der Waals surface area contributed by atoms with E-state index in [1.54, 1.807) is 97.1 Å². The highest BCUT2D eigenvalue weighted by Crippen LogP contribution is 2.32. The van der Waals surface area contributed by atoms with Gasteiger partial charge in [-0.2, -0.15) is 0 Å². The van der Waals surface area contributed by atoms with Crippen molar-refractivity contribution in [3.8, 4) is 68.6 Å². The van der Waals surface area contributed by atoms with E-state index >= 15 is 0 Å². The summed E-state index contributed by atoms with van der Waals surface area (Å²) in [4.78, 5) is 0. The Hall–Kier alpha value is -16.4. The fourth-order valence-electron chi connectivity index (χ4n) is 11.5. The molecule has 0 aromatic heterocycles. The van der Waals surface area contributed by atoms with Crippen molar-refractivity contribution in [2.24, 2.45) is 22.9 Å². The first-order chi connectivity index (χ1) is 62.8. The van der Waals surface area contributed by atoms with Crippen LogP contribution in [-0.4, -0.2) is 48.2 Å². The number of hydrogen-bond donors (Lipinski definition) is 16. The first kappa shape index (κ1) is 101. The second-order valence-corrected chi connectivity index (χ2v) is 27.4. The van der Waals surface area contributed by atoms with Gasteiger partial charge in [0.15, 0.2) is 0 Å². The van der Waals surface area contributed by atoms with Gasteiger partial charge in [0.2, 0.25) is 6.79 Å². The predicted molar refractivity (Wildman–Crippen MR) is 541 cm³/mol. The summed E-state index contributed by atoms with van der Waals surface area (Å²) in [5.41, 5.74) is 105. The van der Waals surface area contributed by atoms with Gasteiger partial charge in [0, 0.05) is 86.4 Å². The Morgan fingerprint density at radius 3 is 0.705 bits per heavy atom. The number of ether oxygens (including phenoxy) is 7. The Kier molecular flexibility index (Phi) is 46.0. The summed E-state index contributed by atoms with van der Waals surface area (Å²) in [5.74, 6) is 7.26. The van der Waals surface area contributed by atoms with Crippen LogP contribution in [0.1, 0.15) is 33.4 Å². The Balaban J connectivity index is 0.000000227. The normalized spacial score (nSPS) is 9.83. The molecular formula is C106H122N16O7. The predicted octanol–water partition coefficient (Wildman–Crippen LogP) is 19.8. The molecule has 0 radical (unpaired) electrons. The van der Waals surface area contributed by atoms with Crippen molar-refractivity contribution in [3.63, 3.8) is 0 Å². The van der Waals surface area contributed by atoms with Crippen LogP contribution >= 0.6 is 0 Å². The van der Waals surface area contributed by atoms with Crippen molar-refractivity contribution < 1.29 is 33.2 Å². The number of nitrogens with two attached hydrogens (primary N) is 16. The lowest BCUT2D eigenvalue weighted by Gasteiger charge is -2.20. The van der Waals surface area contributed by atoms with E-state index in [0.29, 0.717) is 59.0 Å². The first-order valence-electron chi connectivity index (χ1n) is 41.2. The second-order valence-electron chi connectivity index (χ2n) is 27.4. The fourth-order valence-corrected chi connectivity index (χ4v) is 11.5. The van der Waals surface area contributed by atoms with E-state index in [2.05, 4.69) is 95.7 Å². The highest BCUT2D eigenvalue weighted by Gasteiger charge is 2.16. The van der Waals surface area contributed by atoms with Crippen LogP contribution in [0.5, 0.6) is 57.5 Å². The van der Waals surface area contributed by atoms with Crippen LogP contribution in [0.15, 0.2) is 400 Å². The van der Waals surface area contributed by atoms with Crippen molar-refractivity contribution >= 4 is 68.2 Å². The van der Waals surface area contributed by atoms with Gasteiger partial charge < -0.3 is 125 Å². The van der Waals surface area contributed by atoms with Crippen LogP contribution in [0, 0.1) is 0 Å². The molecule has 0 aliphatic heterocycles. The summed E-state index contributed by atoms with van der Waals surface area (Å²) >= 11 is 0. The lowest BCUT2D eigenvalue weighted by molar-refractivity contribution is 0.120. The van der Waals surface area contributed by atoms with Gasteiger partial charge in [-0.1, -0.05) is 152 Å². The summed E-state index contributed by atoms with van der Waals surface area (Å²) in [5, 5.41) is 0. The molecule has 23 nitrogen and oxygen atoms in total. The molecule has 16 aromatic rings. The molecule has 1 aliphatic carbocycles. The highest BCUT2D eigenvalue weighted by molar-refractivity contribution is 5.63. The zero-order valence-electron chi connectivity index (χ0n) is 73.4. The van der Waals surface area contributed by atoms with E-state index < -0.39 is 0 Å². The standard InChI is InChI=1S/C18H16N2O2.C14H16N2O2.C14H14N2.C13H14N2O2.C13H14N2.C12H12N2O.C12H10.C6H6.4CH5N/c19-13-4-8-15(9-5-13)21-17-2-1-3-18(12-17)22-16-10-6-14(20)7-11-16;15-11-1-5-13(6-2-11)17-9-10-18-14-7-3-12(16)4-8-14;15-13-3-1-9-5-10-2-4-14(16)8-12(10)6-11(9)7-13;14-10-3-1-5-12(7-10)16-9-17-13-6-2-4-11(15)8-13;14-12-5-1-10(2-6-12)9-11-3-7-13(15)8-4-11;13-9-1-5-11(6-2-9)15-12-7-3-10(14)4-8-12;1-3-7-11(8-4-1)12-9-5-2-6-10-12;1-2-4-6-5-3-1;4*1-2/h1-12H,19-20H2;1-8H,9-10,15-16H2;1-4,7-8H,5-6,15-16H2;1-8H,9,14-15H2;1-8H,9,14-15H2;1-8H,13-14H2;1-10H;1-6H;4*2H2,1H3. The molecule has 17 rings (SSSR count). The van der Waals surface area contributed by atoms with Crippen LogP contribution < -0.4 is 125 Å². The van der Waals surface area contributed by atoms with Crippen LogP contribution in [0.25, 0.3) is 11.1 Å². The molecule has 1 aliphatic rings. The maximum atomic E-state index is 5.81. The molecule has 129 heavy (non-hydrogen) atoms. The summed E-state index contributed by atoms with van der Waals surface area (Å²) in [7, 11) is 6.00. The van der Waals surface area contributed by atoms with Crippen LogP contribution in [0.2, 0.25) is 0 Å². The van der Waals surface area contributed by atoms with Gasteiger partial charge >= 0.3 is 0 Å². The summed E-state index contributed by atoms with van der Waals surface area (Å²) < 4.78 is 38.9. The zero-order valence-corrected chi connectivity index (χ0v) is 73.4. The second kappa shape index (κ2) is 58.6. The Morgan fingerprint density at radius 1 is 0.178 bits per heavy atom. The Morgan fingerprint density at radius 2 is 0.411 bits per heavy atom. The van der Waals surface area contributed by atoms with Crippen molar-refractivity contribution in [3.05, 3.63) is 434 Å². The van der Waals surface area contributed by atoms with Crippen LogP contribution in [0.4, 0.5) is 68.2 Å². The maximum Gasteiger partial charge on any atom is 0.230 e. The Labute approximate surface area is 758 Å². The van der Waals surface area contributed by atoms with Crippen molar-refractivity contribution in [1.82, 2.24) is 0 Å². The van der Waals surface area contributed by atoms with E-state index in [1.807, 2.05) is 231 Å². The van der Waals surface area contributed by atoms with E-state index in [-0.39, 0.29) is 6.79 Å². The molecule has 0 bridgehead atoms. The molecule has 0 saturated carbocycles. The van der Waals surface area contributed by atoms with Gasteiger partial charge in [0.1, 0.15) is 70.7 Å². The quantitative estimate of drug-likeness (QED) is 0.0215. The average molecular weight is 1730 g/mol. The number of rotatable bonds is 18. The van der Waals surface area contributed by atoms with Gasteiger partial charge in [-0.15, -0.1) is 0 Å². The minimum Gasteiger partial charge on any atom is -0.490 e. The highest BCUT2D eigenvalue weighted by atomic mass is 16.7. The minimum absolute atomic E-state index is 0.118. The first-order valence-corrected chi connectivity index (χ1v) is 41.2. The number of fused-ring (bicyclic) bond motifs is 2. The molecule has 0 atom stereocenters. The summed E-state index contributed by atoms with van der Waals surface area (Å²) in [6.07, 6.45) is 2.85. The van der Waals surface area contributed by atoms with Gasteiger partial charge in [-0.3, -0.25) is 0 Å². The maximum absolute atomic E-state index is 5.81. The van der Waals surface area contributed by atoms with Gasteiger partial charge in [0.25, 0.3) is 0 Å². The largest absolute Gasteiger partial charge is 0.490 e. The van der Waals surface area contributed by atoms with Crippen molar-refractivity contribution in [2.75, 3.05) is 117 Å². The van der Waals surface area contributed by atoms with Gasteiger partial charge in [0.05, 0.1) is 0 Å². The van der Waals surface area contributed by atoms with Gasteiger partial charge in [-0.05, 0) is 322 Å². The molecule has 0 fully saturated rings. The molecule has 0 saturated heterocycles. The molecule has 668 valence electrons. The minimum atomic E-state index is 0.118. The monoisotopic (exact) mass is 1730 g/mol. The molecule has 16 aromatic carbocycles. The third-order valence-corrected chi connectivity index (χ3v) is 17.7. The van der Waals surface area contributed by atoms with Gasteiger partial charge in [-0.25, -0.2) is 0 Å². The third-order valence-electron chi connectivity index (χ3n) is 17.7. The van der Waals surface area contributed by atoms with Crippen molar-refractivity contribution in [1.29, 1.82) is 0 Å². The zero-order chi connectivity index (χ0) is 93.2. The molecule has 0 amide bonds.